The molecule has 0 saturated heterocycles. The predicted octanol–water partition coefficient (Wildman–Crippen LogP) is 7.92. The van der Waals surface area contributed by atoms with E-state index < -0.39 is 0 Å². The second-order valence-corrected chi connectivity index (χ2v) is 8.55. The molecule has 0 aliphatic heterocycles. The van der Waals surface area contributed by atoms with Gasteiger partial charge in [0, 0.05) is 31.3 Å². The highest BCUT2D eigenvalue weighted by atomic mass is 32.1. The van der Waals surface area contributed by atoms with Crippen molar-refractivity contribution in [1.82, 2.24) is 9.97 Å². The van der Waals surface area contributed by atoms with Gasteiger partial charge in [0.1, 0.15) is 11.6 Å². The van der Waals surface area contributed by atoms with Crippen LogP contribution >= 0.6 is 11.3 Å². The Morgan fingerprint density at radius 1 is 0.677 bits per heavy atom. The summed E-state index contributed by atoms with van der Waals surface area (Å²) < 4.78 is 17.0. The maximum atomic E-state index is 14.5. The van der Waals surface area contributed by atoms with Gasteiger partial charge >= 0.3 is 0 Å². The van der Waals surface area contributed by atoms with E-state index in [0.717, 1.165) is 22.5 Å². The van der Waals surface area contributed by atoms with Gasteiger partial charge in [-0.2, -0.15) is 0 Å². The fourth-order valence-electron chi connectivity index (χ4n) is 4.05. The third kappa shape index (κ3) is 3.04. The highest BCUT2D eigenvalue weighted by Crippen LogP contribution is 2.39. The molecule has 0 saturated carbocycles. The fraction of sp³-hybridized carbons (Fsp3) is 0. The maximum Gasteiger partial charge on any atom is 0.141 e. The normalized spacial score (nSPS) is 11.4. The molecule has 0 atom stereocenters. The van der Waals surface area contributed by atoms with Crippen LogP contribution in [0.2, 0.25) is 0 Å². The SMILES string of the molecule is Fc1ccccc1-c1nc(-c2ccc3sc4ccccc4c3c2)c(-c2ccccc2)[nH]1. The Labute approximate surface area is 182 Å². The van der Waals surface area contributed by atoms with Crippen molar-refractivity contribution < 1.29 is 4.39 Å². The summed E-state index contributed by atoms with van der Waals surface area (Å²) in [6.07, 6.45) is 0. The molecule has 6 aromatic rings. The summed E-state index contributed by atoms with van der Waals surface area (Å²) in [7, 11) is 0. The molecule has 0 bridgehead atoms. The predicted molar refractivity (Wildman–Crippen MR) is 128 cm³/mol. The molecule has 0 aliphatic carbocycles. The molecular weight excluding hydrogens is 403 g/mol. The Bertz CT molecular complexity index is 1550. The average molecular weight is 421 g/mol. The van der Waals surface area contributed by atoms with Gasteiger partial charge in [0.25, 0.3) is 0 Å². The van der Waals surface area contributed by atoms with Gasteiger partial charge in [-0.3, -0.25) is 0 Å². The van der Waals surface area contributed by atoms with Crippen molar-refractivity contribution in [2.75, 3.05) is 0 Å². The van der Waals surface area contributed by atoms with Crippen LogP contribution in [-0.4, -0.2) is 9.97 Å². The van der Waals surface area contributed by atoms with Crippen molar-refractivity contribution in [2.45, 2.75) is 0 Å². The molecular formula is C27H17FN2S. The molecule has 0 fully saturated rings. The molecule has 2 nitrogen and oxygen atoms in total. The lowest BCUT2D eigenvalue weighted by molar-refractivity contribution is 0.630. The van der Waals surface area contributed by atoms with Crippen LogP contribution in [0.5, 0.6) is 0 Å². The zero-order valence-electron chi connectivity index (χ0n) is 16.5. The highest BCUT2D eigenvalue weighted by Gasteiger charge is 2.18. The van der Waals surface area contributed by atoms with Crippen molar-refractivity contribution in [3.63, 3.8) is 0 Å². The highest BCUT2D eigenvalue weighted by molar-refractivity contribution is 7.25. The Morgan fingerprint density at radius 3 is 2.29 bits per heavy atom. The van der Waals surface area contributed by atoms with E-state index in [-0.39, 0.29) is 5.82 Å². The lowest BCUT2D eigenvalue weighted by atomic mass is 10.0. The van der Waals surface area contributed by atoms with Crippen LogP contribution in [0.15, 0.2) is 97.1 Å². The van der Waals surface area contributed by atoms with Crippen LogP contribution < -0.4 is 0 Å². The number of benzene rings is 4. The number of rotatable bonds is 3. The van der Waals surface area contributed by atoms with Gasteiger partial charge in [-0.05, 0) is 30.3 Å². The van der Waals surface area contributed by atoms with Crippen LogP contribution in [0.25, 0.3) is 54.1 Å². The summed E-state index contributed by atoms with van der Waals surface area (Å²) in [4.78, 5) is 8.25. The first-order valence-electron chi connectivity index (χ1n) is 10.1. The van der Waals surface area contributed by atoms with E-state index in [0.29, 0.717) is 11.4 Å². The minimum Gasteiger partial charge on any atom is -0.337 e. The van der Waals surface area contributed by atoms with Crippen LogP contribution in [0.3, 0.4) is 0 Å². The summed E-state index contributed by atoms with van der Waals surface area (Å²) in [6, 6.07) is 31.7. The summed E-state index contributed by atoms with van der Waals surface area (Å²) in [5.41, 5.74) is 4.20. The number of aromatic nitrogens is 2. The van der Waals surface area contributed by atoms with E-state index in [4.69, 9.17) is 4.98 Å². The monoisotopic (exact) mass is 420 g/mol. The van der Waals surface area contributed by atoms with Crippen molar-refractivity contribution in [3.8, 4) is 33.9 Å². The lowest BCUT2D eigenvalue weighted by Gasteiger charge is -2.04. The summed E-state index contributed by atoms with van der Waals surface area (Å²) in [6.45, 7) is 0. The van der Waals surface area contributed by atoms with Crippen molar-refractivity contribution >= 4 is 31.5 Å². The average Bonchev–Trinajstić information content (AvgIpc) is 3.41. The van der Waals surface area contributed by atoms with Gasteiger partial charge < -0.3 is 4.98 Å². The van der Waals surface area contributed by atoms with Crippen LogP contribution in [0.1, 0.15) is 0 Å². The maximum absolute atomic E-state index is 14.5. The van der Waals surface area contributed by atoms with Crippen LogP contribution in [-0.2, 0) is 0 Å². The number of nitrogens with zero attached hydrogens (tertiary/aromatic N) is 1. The van der Waals surface area contributed by atoms with Gasteiger partial charge in [0.05, 0.1) is 17.0 Å². The fourth-order valence-corrected chi connectivity index (χ4v) is 5.14. The first-order chi connectivity index (χ1) is 15.3. The van der Waals surface area contributed by atoms with E-state index in [1.807, 2.05) is 36.4 Å². The molecule has 6 rings (SSSR count). The van der Waals surface area contributed by atoms with Crippen molar-refractivity contribution in [1.29, 1.82) is 0 Å². The van der Waals surface area contributed by atoms with E-state index >= 15 is 0 Å². The lowest BCUT2D eigenvalue weighted by Crippen LogP contribution is -1.85. The minimum absolute atomic E-state index is 0.290. The first-order valence-corrected chi connectivity index (χ1v) is 10.9. The standard InChI is InChI=1S/C27H17FN2S/c28-22-12-6-4-11-20(22)27-29-25(17-8-2-1-3-9-17)26(30-27)18-14-15-24-21(16-18)19-10-5-7-13-23(19)31-24/h1-16H,(H,29,30). The number of H-pyrrole nitrogens is 1. The third-order valence-corrected chi connectivity index (χ3v) is 6.70. The number of thiophene rings is 1. The number of hydrogen-bond acceptors (Lipinski definition) is 2. The zero-order valence-corrected chi connectivity index (χ0v) is 17.3. The topological polar surface area (TPSA) is 28.7 Å². The summed E-state index contributed by atoms with van der Waals surface area (Å²) in [5.74, 6) is 0.240. The Balaban J connectivity index is 1.60. The number of aromatic amines is 1. The molecule has 148 valence electrons. The molecule has 2 aromatic heterocycles. The van der Waals surface area contributed by atoms with Crippen LogP contribution in [0.4, 0.5) is 4.39 Å². The molecule has 0 aliphatic rings. The number of imidazole rings is 1. The van der Waals surface area contributed by atoms with Gasteiger partial charge in [-0.1, -0.05) is 66.7 Å². The van der Waals surface area contributed by atoms with E-state index in [9.17, 15) is 4.39 Å². The molecule has 31 heavy (non-hydrogen) atoms. The van der Waals surface area contributed by atoms with E-state index in [2.05, 4.69) is 47.4 Å². The minimum atomic E-state index is -0.290. The molecule has 4 heteroatoms. The number of hydrogen-bond donors (Lipinski definition) is 1. The van der Waals surface area contributed by atoms with Gasteiger partial charge in [0.15, 0.2) is 0 Å². The zero-order chi connectivity index (χ0) is 20.8. The second kappa shape index (κ2) is 7.18. The second-order valence-electron chi connectivity index (χ2n) is 7.46. The summed E-state index contributed by atoms with van der Waals surface area (Å²) in [5, 5.41) is 2.46. The van der Waals surface area contributed by atoms with Gasteiger partial charge in [0.2, 0.25) is 0 Å². The molecule has 1 N–H and O–H groups in total. The van der Waals surface area contributed by atoms with Gasteiger partial charge in [-0.25, -0.2) is 9.37 Å². The largest absolute Gasteiger partial charge is 0.337 e. The number of halogens is 1. The number of nitrogens with one attached hydrogen (secondary N) is 1. The van der Waals surface area contributed by atoms with E-state index in [1.54, 1.807) is 23.5 Å². The van der Waals surface area contributed by atoms with Gasteiger partial charge in [-0.15, -0.1) is 11.3 Å². The molecule has 0 unspecified atom stereocenters. The molecule has 0 spiro atoms. The first kappa shape index (κ1) is 18.0. The van der Waals surface area contributed by atoms with Crippen molar-refractivity contribution in [3.05, 3.63) is 103 Å². The smallest absolute Gasteiger partial charge is 0.141 e. The van der Waals surface area contributed by atoms with E-state index in [1.165, 1.54) is 26.2 Å². The Hall–Kier alpha value is -3.76. The number of fused-ring (bicyclic) bond motifs is 3. The van der Waals surface area contributed by atoms with Crippen molar-refractivity contribution in [2.24, 2.45) is 0 Å². The molecule has 0 amide bonds. The third-order valence-electron chi connectivity index (χ3n) is 5.55. The Morgan fingerprint density at radius 2 is 1.42 bits per heavy atom. The molecule has 4 aromatic carbocycles. The molecule has 0 radical (unpaired) electrons. The Kier molecular flexibility index (Phi) is 4.18. The molecule has 2 heterocycles. The quantitative estimate of drug-likeness (QED) is 0.309. The van der Waals surface area contributed by atoms with Crippen LogP contribution in [0, 0.1) is 5.82 Å². The summed E-state index contributed by atoms with van der Waals surface area (Å²) >= 11 is 1.79.